The third-order valence-corrected chi connectivity index (χ3v) is 5.86. The second kappa shape index (κ2) is 9.89. The minimum atomic E-state index is 0.107. The summed E-state index contributed by atoms with van der Waals surface area (Å²) in [6.07, 6.45) is 4.30. The first kappa shape index (κ1) is 20.6. The Morgan fingerprint density at radius 2 is 1.93 bits per heavy atom. The van der Waals surface area contributed by atoms with E-state index in [1.165, 1.54) is 6.33 Å². The summed E-state index contributed by atoms with van der Waals surface area (Å²) in [6.45, 7) is 7.69. The Bertz CT molecular complexity index is 808. The maximum absolute atomic E-state index is 6.35. The van der Waals surface area contributed by atoms with E-state index >= 15 is 0 Å². The molecule has 0 unspecified atom stereocenters. The van der Waals surface area contributed by atoms with E-state index in [4.69, 9.17) is 25.8 Å². The zero-order chi connectivity index (χ0) is 20.1. The smallest absolute Gasteiger partial charge is 0.144 e. The summed E-state index contributed by atoms with van der Waals surface area (Å²) in [5, 5.41) is 1.14. The van der Waals surface area contributed by atoms with E-state index in [1.54, 1.807) is 0 Å². The molecule has 2 saturated heterocycles. The molecule has 0 atom stereocenters. The van der Waals surface area contributed by atoms with E-state index in [2.05, 4.69) is 26.8 Å². The van der Waals surface area contributed by atoms with Gasteiger partial charge in [0, 0.05) is 57.7 Å². The van der Waals surface area contributed by atoms with Crippen molar-refractivity contribution in [3.05, 3.63) is 23.6 Å². The van der Waals surface area contributed by atoms with Crippen LogP contribution in [-0.4, -0.2) is 85.5 Å². The van der Waals surface area contributed by atoms with E-state index in [1.807, 2.05) is 12.1 Å². The molecule has 2 aliphatic heterocycles. The lowest BCUT2D eigenvalue weighted by molar-refractivity contribution is 0.0261. The number of aromatic nitrogens is 2. The van der Waals surface area contributed by atoms with Crippen molar-refractivity contribution in [3.8, 4) is 11.5 Å². The Kier molecular flexibility index (Phi) is 7.02. The number of piperazine rings is 1. The van der Waals surface area contributed by atoms with E-state index in [0.717, 1.165) is 81.9 Å². The van der Waals surface area contributed by atoms with Crippen LogP contribution in [0.4, 0.5) is 0 Å². The van der Waals surface area contributed by atoms with E-state index in [9.17, 15) is 0 Å². The summed E-state index contributed by atoms with van der Waals surface area (Å²) < 4.78 is 17.7. The highest BCUT2D eigenvalue weighted by Gasteiger charge is 2.19. The molecule has 0 spiro atoms. The van der Waals surface area contributed by atoms with Crippen LogP contribution in [0.5, 0.6) is 11.5 Å². The molecule has 0 radical (unpaired) electrons. The third-order valence-electron chi connectivity index (χ3n) is 5.57. The molecule has 2 aromatic rings. The molecule has 1 aromatic heterocycles. The molecule has 0 aliphatic carbocycles. The quantitative estimate of drug-likeness (QED) is 0.504. The lowest BCUT2D eigenvalue weighted by Crippen LogP contribution is -2.44. The Balaban J connectivity index is 1.40. The number of benzene rings is 1. The van der Waals surface area contributed by atoms with Crippen LogP contribution in [0, 0.1) is 0 Å². The van der Waals surface area contributed by atoms with Crippen LogP contribution < -0.4 is 9.47 Å². The van der Waals surface area contributed by atoms with Gasteiger partial charge in [0.25, 0.3) is 0 Å². The van der Waals surface area contributed by atoms with Gasteiger partial charge >= 0.3 is 0 Å². The fourth-order valence-corrected chi connectivity index (χ4v) is 4.02. The summed E-state index contributed by atoms with van der Waals surface area (Å²) in [5.74, 6) is 1.45. The number of fused-ring (bicyclic) bond motifs is 1. The fraction of sp³-hybridized carbons (Fsp3) is 0.619. The molecule has 2 fully saturated rings. The molecule has 158 valence electrons. The SMILES string of the molecule is CN1CCN(CCCOc2cc(OC3CCOCC3)c3c(Cl)ncnc3c2)CC1. The predicted molar refractivity (Wildman–Crippen MR) is 113 cm³/mol. The summed E-state index contributed by atoms with van der Waals surface area (Å²) in [7, 11) is 2.18. The van der Waals surface area contributed by atoms with Gasteiger partial charge < -0.3 is 24.0 Å². The maximum Gasteiger partial charge on any atom is 0.144 e. The molecule has 29 heavy (non-hydrogen) atoms. The van der Waals surface area contributed by atoms with Crippen molar-refractivity contribution in [1.29, 1.82) is 0 Å². The van der Waals surface area contributed by atoms with Gasteiger partial charge in [-0.05, 0) is 13.5 Å². The van der Waals surface area contributed by atoms with Crippen molar-refractivity contribution in [3.63, 3.8) is 0 Å². The zero-order valence-corrected chi connectivity index (χ0v) is 17.7. The molecule has 4 rings (SSSR count). The number of hydrogen-bond acceptors (Lipinski definition) is 7. The molecule has 0 amide bonds. The molecule has 1 aromatic carbocycles. The Morgan fingerprint density at radius 3 is 2.72 bits per heavy atom. The minimum absolute atomic E-state index is 0.107. The molecule has 0 N–H and O–H groups in total. The molecule has 3 heterocycles. The van der Waals surface area contributed by atoms with Gasteiger partial charge in [0.05, 0.1) is 30.7 Å². The molecule has 2 aliphatic rings. The average molecular weight is 421 g/mol. The van der Waals surface area contributed by atoms with Crippen molar-refractivity contribution in [2.75, 3.05) is 59.6 Å². The van der Waals surface area contributed by atoms with Gasteiger partial charge in [-0.25, -0.2) is 9.97 Å². The van der Waals surface area contributed by atoms with Crippen molar-refractivity contribution in [2.24, 2.45) is 0 Å². The normalized spacial score (nSPS) is 19.5. The number of likely N-dealkylation sites (N-methyl/N-ethyl adjacent to an activating group) is 1. The van der Waals surface area contributed by atoms with Gasteiger partial charge in [0.2, 0.25) is 0 Å². The molecular formula is C21H29ClN4O3. The predicted octanol–water partition coefficient (Wildman–Crippen LogP) is 2.86. The fourth-order valence-electron chi connectivity index (χ4n) is 3.79. The maximum atomic E-state index is 6.35. The number of rotatable bonds is 7. The van der Waals surface area contributed by atoms with Gasteiger partial charge in [-0.15, -0.1) is 0 Å². The zero-order valence-electron chi connectivity index (χ0n) is 17.0. The van der Waals surface area contributed by atoms with E-state index < -0.39 is 0 Å². The van der Waals surface area contributed by atoms with E-state index in [0.29, 0.717) is 17.5 Å². The number of hydrogen-bond donors (Lipinski definition) is 0. The standard InChI is InChI=1S/C21H29ClN4O3/c1-25-6-8-26(9-7-25)5-2-10-28-17-13-18-20(21(22)24-15-23-18)19(14-17)29-16-3-11-27-12-4-16/h13-16H,2-12H2,1H3. The van der Waals surface area contributed by atoms with Crippen LogP contribution >= 0.6 is 11.6 Å². The summed E-state index contributed by atoms with van der Waals surface area (Å²) in [5.41, 5.74) is 0.739. The first-order valence-electron chi connectivity index (χ1n) is 10.4. The van der Waals surface area contributed by atoms with Crippen LogP contribution in [0.1, 0.15) is 19.3 Å². The van der Waals surface area contributed by atoms with Crippen LogP contribution in [0.15, 0.2) is 18.5 Å². The van der Waals surface area contributed by atoms with Crippen molar-refractivity contribution in [1.82, 2.24) is 19.8 Å². The number of ether oxygens (including phenoxy) is 3. The number of nitrogens with zero attached hydrogens (tertiary/aromatic N) is 4. The van der Waals surface area contributed by atoms with Gasteiger partial charge in [-0.3, -0.25) is 0 Å². The van der Waals surface area contributed by atoms with Gasteiger partial charge in [-0.1, -0.05) is 11.6 Å². The van der Waals surface area contributed by atoms with Crippen LogP contribution in [0.3, 0.4) is 0 Å². The lowest BCUT2D eigenvalue weighted by atomic mass is 10.1. The largest absolute Gasteiger partial charge is 0.493 e. The highest BCUT2D eigenvalue weighted by Crippen LogP contribution is 2.35. The second-order valence-electron chi connectivity index (χ2n) is 7.76. The molecule has 8 heteroatoms. The van der Waals surface area contributed by atoms with Gasteiger partial charge in [0.1, 0.15) is 29.1 Å². The Hall–Kier alpha value is -1.67. The molecule has 0 bridgehead atoms. The van der Waals surface area contributed by atoms with Gasteiger partial charge in [-0.2, -0.15) is 0 Å². The Morgan fingerprint density at radius 1 is 1.14 bits per heavy atom. The summed E-state index contributed by atoms with van der Waals surface area (Å²) >= 11 is 6.35. The minimum Gasteiger partial charge on any atom is -0.493 e. The lowest BCUT2D eigenvalue weighted by Gasteiger charge is -2.32. The molecular weight excluding hydrogens is 392 g/mol. The third kappa shape index (κ3) is 5.48. The Labute approximate surface area is 176 Å². The van der Waals surface area contributed by atoms with Crippen LogP contribution in [-0.2, 0) is 4.74 Å². The summed E-state index contributed by atoms with van der Waals surface area (Å²) in [6, 6.07) is 3.83. The average Bonchev–Trinajstić information content (AvgIpc) is 2.73. The molecule has 0 saturated carbocycles. The van der Waals surface area contributed by atoms with Crippen LogP contribution in [0.25, 0.3) is 10.9 Å². The summed E-state index contributed by atoms with van der Waals surface area (Å²) in [4.78, 5) is 13.4. The van der Waals surface area contributed by atoms with E-state index in [-0.39, 0.29) is 6.10 Å². The highest BCUT2D eigenvalue weighted by molar-refractivity contribution is 6.34. The van der Waals surface area contributed by atoms with Crippen molar-refractivity contribution >= 4 is 22.5 Å². The molecule has 7 nitrogen and oxygen atoms in total. The van der Waals surface area contributed by atoms with Crippen molar-refractivity contribution < 1.29 is 14.2 Å². The first-order valence-corrected chi connectivity index (χ1v) is 10.8. The van der Waals surface area contributed by atoms with Gasteiger partial charge in [0.15, 0.2) is 0 Å². The first-order chi connectivity index (χ1) is 14.2. The second-order valence-corrected chi connectivity index (χ2v) is 8.11. The van der Waals surface area contributed by atoms with Crippen LogP contribution in [0.2, 0.25) is 5.15 Å². The monoisotopic (exact) mass is 420 g/mol. The topological polar surface area (TPSA) is 60.0 Å². The van der Waals surface area contributed by atoms with Crippen molar-refractivity contribution in [2.45, 2.75) is 25.4 Å². The highest BCUT2D eigenvalue weighted by atomic mass is 35.5. The number of halogens is 1.